The summed E-state index contributed by atoms with van der Waals surface area (Å²) >= 11 is 4.97. The number of rotatable bonds is 2. The molecule has 0 aliphatic heterocycles. The average molecular weight is 271 g/mol. The maximum Gasteiger partial charge on any atom is 0.153 e. The minimum atomic E-state index is 0.627. The SMILES string of the molecule is Cn1ncc(C=O)c1-c1cc(Br)cs1. The molecule has 2 rings (SSSR count). The molecule has 0 N–H and O–H groups in total. The van der Waals surface area contributed by atoms with Gasteiger partial charge in [-0.2, -0.15) is 5.10 Å². The van der Waals surface area contributed by atoms with Gasteiger partial charge in [0.25, 0.3) is 0 Å². The first-order chi connectivity index (χ1) is 6.72. The lowest BCUT2D eigenvalue weighted by Gasteiger charge is -1.98. The molecule has 0 atom stereocenters. The van der Waals surface area contributed by atoms with Crippen molar-refractivity contribution in [1.29, 1.82) is 0 Å². The second kappa shape index (κ2) is 3.67. The molecule has 0 radical (unpaired) electrons. The van der Waals surface area contributed by atoms with Gasteiger partial charge in [-0.05, 0) is 22.0 Å². The largest absolute Gasteiger partial charge is 0.298 e. The van der Waals surface area contributed by atoms with Crippen LogP contribution in [0, 0.1) is 0 Å². The van der Waals surface area contributed by atoms with E-state index in [1.165, 1.54) is 0 Å². The number of hydrogen-bond donors (Lipinski definition) is 0. The van der Waals surface area contributed by atoms with Crippen LogP contribution in [0.3, 0.4) is 0 Å². The molecule has 2 aromatic heterocycles. The Morgan fingerprint density at radius 2 is 2.43 bits per heavy atom. The van der Waals surface area contributed by atoms with Crippen molar-refractivity contribution < 1.29 is 4.79 Å². The molecule has 0 amide bonds. The lowest BCUT2D eigenvalue weighted by atomic mass is 10.2. The van der Waals surface area contributed by atoms with Crippen molar-refractivity contribution in [2.75, 3.05) is 0 Å². The number of halogens is 1. The lowest BCUT2D eigenvalue weighted by molar-refractivity contribution is 0.112. The van der Waals surface area contributed by atoms with E-state index in [9.17, 15) is 4.79 Å². The maximum atomic E-state index is 10.8. The smallest absolute Gasteiger partial charge is 0.153 e. The van der Waals surface area contributed by atoms with E-state index < -0.39 is 0 Å². The van der Waals surface area contributed by atoms with Gasteiger partial charge in [-0.15, -0.1) is 11.3 Å². The molecule has 0 unspecified atom stereocenters. The average Bonchev–Trinajstić information content (AvgIpc) is 2.71. The van der Waals surface area contributed by atoms with E-state index in [0.29, 0.717) is 5.56 Å². The molecule has 0 fully saturated rings. The van der Waals surface area contributed by atoms with E-state index in [4.69, 9.17) is 0 Å². The van der Waals surface area contributed by atoms with Gasteiger partial charge in [0.1, 0.15) is 0 Å². The van der Waals surface area contributed by atoms with Crippen LogP contribution in [0.25, 0.3) is 10.6 Å². The molecule has 0 spiro atoms. The van der Waals surface area contributed by atoms with Crippen LogP contribution in [0.4, 0.5) is 0 Å². The van der Waals surface area contributed by atoms with Gasteiger partial charge >= 0.3 is 0 Å². The van der Waals surface area contributed by atoms with Crippen molar-refractivity contribution in [2.45, 2.75) is 0 Å². The monoisotopic (exact) mass is 270 g/mol. The number of nitrogens with zero attached hydrogens (tertiary/aromatic N) is 2. The second-order valence-electron chi connectivity index (χ2n) is 2.82. The molecule has 0 saturated heterocycles. The zero-order valence-corrected chi connectivity index (χ0v) is 9.80. The van der Waals surface area contributed by atoms with Crippen LogP contribution in [0.5, 0.6) is 0 Å². The number of carbonyl (C=O) groups excluding carboxylic acids is 1. The Balaban J connectivity index is 2.59. The summed E-state index contributed by atoms with van der Waals surface area (Å²) in [6, 6.07) is 1.98. The zero-order chi connectivity index (χ0) is 10.1. The number of hydrogen-bond acceptors (Lipinski definition) is 3. The molecule has 0 bridgehead atoms. The van der Waals surface area contributed by atoms with E-state index in [1.807, 2.05) is 18.5 Å². The molecular weight excluding hydrogens is 264 g/mol. The summed E-state index contributed by atoms with van der Waals surface area (Å²) in [4.78, 5) is 11.8. The molecule has 14 heavy (non-hydrogen) atoms. The second-order valence-corrected chi connectivity index (χ2v) is 4.65. The first-order valence-electron chi connectivity index (χ1n) is 3.94. The quantitative estimate of drug-likeness (QED) is 0.787. The third kappa shape index (κ3) is 1.53. The van der Waals surface area contributed by atoms with Crippen molar-refractivity contribution in [3.8, 4) is 10.6 Å². The standard InChI is InChI=1S/C9H7BrN2OS/c1-12-9(6(4-13)3-11-12)8-2-7(10)5-14-8/h2-5H,1H3. The molecule has 72 valence electrons. The van der Waals surface area contributed by atoms with Crippen LogP contribution in [0.2, 0.25) is 0 Å². The minimum Gasteiger partial charge on any atom is -0.298 e. The zero-order valence-electron chi connectivity index (χ0n) is 7.40. The topological polar surface area (TPSA) is 34.9 Å². The molecular formula is C9H7BrN2OS. The summed E-state index contributed by atoms with van der Waals surface area (Å²) in [5.41, 5.74) is 1.50. The molecule has 2 aromatic rings. The van der Waals surface area contributed by atoms with Gasteiger partial charge in [-0.1, -0.05) is 0 Å². The van der Waals surface area contributed by atoms with Crippen molar-refractivity contribution in [2.24, 2.45) is 7.05 Å². The van der Waals surface area contributed by atoms with E-state index in [-0.39, 0.29) is 0 Å². The Bertz CT molecular complexity index is 475. The van der Waals surface area contributed by atoms with E-state index >= 15 is 0 Å². The summed E-state index contributed by atoms with van der Waals surface area (Å²) in [5.74, 6) is 0. The van der Waals surface area contributed by atoms with Crippen molar-refractivity contribution in [3.63, 3.8) is 0 Å². The van der Waals surface area contributed by atoms with Crippen LogP contribution in [-0.2, 0) is 7.05 Å². The van der Waals surface area contributed by atoms with Crippen LogP contribution >= 0.6 is 27.3 Å². The summed E-state index contributed by atoms with van der Waals surface area (Å²) in [7, 11) is 1.83. The van der Waals surface area contributed by atoms with Gasteiger partial charge in [0, 0.05) is 16.9 Å². The Hall–Kier alpha value is -0.940. The van der Waals surface area contributed by atoms with E-state index in [1.54, 1.807) is 22.2 Å². The Morgan fingerprint density at radius 1 is 1.64 bits per heavy atom. The molecule has 0 aromatic carbocycles. The molecule has 0 aliphatic carbocycles. The highest BCUT2D eigenvalue weighted by Crippen LogP contribution is 2.31. The van der Waals surface area contributed by atoms with Gasteiger partial charge in [0.2, 0.25) is 0 Å². The van der Waals surface area contributed by atoms with E-state index in [0.717, 1.165) is 21.3 Å². The summed E-state index contributed by atoms with van der Waals surface area (Å²) in [5, 5.41) is 6.03. The van der Waals surface area contributed by atoms with Gasteiger partial charge < -0.3 is 0 Å². The van der Waals surface area contributed by atoms with Crippen LogP contribution in [0.15, 0.2) is 22.1 Å². The number of aromatic nitrogens is 2. The fourth-order valence-corrected chi connectivity index (χ4v) is 2.80. The van der Waals surface area contributed by atoms with Crippen molar-refractivity contribution in [3.05, 3.63) is 27.7 Å². The predicted molar refractivity (Wildman–Crippen MR) is 59.6 cm³/mol. The highest BCUT2D eigenvalue weighted by Gasteiger charge is 2.11. The van der Waals surface area contributed by atoms with Crippen molar-refractivity contribution in [1.82, 2.24) is 9.78 Å². The summed E-state index contributed by atoms with van der Waals surface area (Å²) in [6.45, 7) is 0. The summed E-state index contributed by atoms with van der Waals surface area (Å²) < 4.78 is 2.73. The van der Waals surface area contributed by atoms with Gasteiger partial charge in [0.15, 0.2) is 6.29 Å². The highest BCUT2D eigenvalue weighted by molar-refractivity contribution is 9.10. The fourth-order valence-electron chi connectivity index (χ4n) is 1.28. The van der Waals surface area contributed by atoms with Crippen molar-refractivity contribution >= 4 is 33.6 Å². The first kappa shape index (κ1) is 9.61. The maximum absolute atomic E-state index is 10.8. The van der Waals surface area contributed by atoms with Gasteiger partial charge in [-0.3, -0.25) is 9.48 Å². The van der Waals surface area contributed by atoms with Crippen LogP contribution in [-0.4, -0.2) is 16.1 Å². The molecule has 5 heteroatoms. The normalized spacial score (nSPS) is 10.4. The predicted octanol–water partition coefficient (Wildman–Crippen LogP) is 2.72. The number of carbonyl (C=O) groups is 1. The van der Waals surface area contributed by atoms with Crippen LogP contribution in [0.1, 0.15) is 10.4 Å². The number of aryl methyl sites for hydroxylation is 1. The Morgan fingerprint density at radius 3 is 3.00 bits per heavy atom. The third-order valence-electron chi connectivity index (χ3n) is 1.89. The van der Waals surface area contributed by atoms with Gasteiger partial charge in [-0.25, -0.2) is 0 Å². The fraction of sp³-hybridized carbons (Fsp3) is 0.111. The summed E-state index contributed by atoms with van der Waals surface area (Å²) in [6.07, 6.45) is 2.41. The molecule has 2 heterocycles. The Kier molecular flexibility index (Phi) is 2.52. The molecule has 3 nitrogen and oxygen atoms in total. The Labute approximate surface area is 93.5 Å². The van der Waals surface area contributed by atoms with E-state index in [2.05, 4.69) is 21.0 Å². The molecule has 0 saturated carbocycles. The van der Waals surface area contributed by atoms with Gasteiger partial charge in [0.05, 0.1) is 22.3 Å². The highest BCUT2D eigenvalue weighted by atomic mass is 79.9. The van der Waals surface area contributed by atoms with Crippen LogP contribution < -0.4 is 0 Å². The minimum absolute atomic E-state index is 0.627. The third-order valence-corrected chi connectivity index (χ3v) is 3.59. The number of thiophene rings is 1. The number of aldehydes is 1. The lowest BCUT2D eigenvalue weighted by Crippen LogP contribution is -1.93. The molecule has 0 aliphatic rings. The first-order valence-corrected chi connectivity index (χ1v) is 5.61.